The zero-order valence-corrected chi connectivity index (χ0v) is 13.1. The van der Waals surface area contributed by atoms with E-state index in [-0.39, 0.29) is 43.8 Å². The second-order valence-corrected chi connectivity index (χ2v) is 5.97. The van der Waals surface area contributed by atoms with Gasteiger partial charge in [-0.3, -0.25) is 0 Å². The maximum absolute atomic E-state index is 13.3. The second-order valence-electron chi connectivity index (χ2n) is 5.56. The Morgan fingerprint density at radius 2 is 2.05 bits per heavy atom. The Kier molecular flexibility index (Phi) is 5.40. The van der Waals surface area contributed by atoms with Crippen molar-refractivity contribution in [2.24, 2.45) is 0 Å². The minimum Gasteiger partial charge on any atom is -0.478 e. The number of aromatic carboxylic acids is 1. The predicted octanol–water partition coefficient (Wildman–Crippen LogP) is 4.87. The summed E-state index contributed by atoms with van der Waals surface area (Å²) in [7, 11) is 0. The van der Waals surface area contributed by atoms with Gasteiger partial charge in [-0.15, -0.1) is 0 Å². The van der Waals surface area contributed by atoms with Crippen LogP contribution in [0.25, 0.3) is 0 Å². The van der Waals surface area contributed by atoms with Crippen LogP contribution in [0.3, 0.4) is 0 Å². The molecule has 1 saturated carbocycles. The summed E-state index contributed by atoms with van der Waals surface area (Å²) in [5.74, 6) is -3.91. The van der Waals surface area contributed by atoms with Crippen LogP contribution < -0.4 is 0 Å². The lowest BCUT2D eigenvalue weighted by Crippen LogP contribution is -2.25. The van der Waals surface area contributed by atoms with Gasteiger partial charge in [-0.25, -0.2) is 13.6 Å². The fraction of sp³-hybridized carbons (Fsp3) is 0.562. The summed E-state index contributed by atoms with van der Waals surface area (Å²) in [5.41, 5.74) is 1.11. The van der Waals surface area contributed by atoms with Crippen molar-refractivity contribution in [1.29, 1.82) is 0 Å². The average molecular weight is 333 g/mol. The van der Waals surface area contributed by atoms with Crippen LogP contribution in [0, 0.1) is 0 Å². The lowest BCUT2D eigenvalue weighted by molar-refractivity contribution is -0.0382. The highest BCUT2D eigenvalue weighted by atomic mass is 35.5. The first-order chi connectivity index (χ1) is 10.4. The summed E-state index contributed by atoms with van der Waals surface area (Å²) >= 11 is 6.10. The van der Waals surface area contributed by atoms with Gasteiger partial charge in [-0.1, -0.05) is 17.7 Å². The SMILES string of the molecule is CCOCc1c(Cl)ccc(C2CCC(F)(F)CC2)c1C(=O)O. The fourth-order valence-corrected chi connectivity index (χ4v) is 3.14. The maximum atomic E-state index is 13.3. The van der Waals surface area contributed by atoms with E-state index < -0.39 is 11.9 Å². The molecule has 0 amide bonds. The van der Waals surface area contributed by atoms with Crippen molar-refractivity contribution in [3.05, 3.63) is 33.8 Å². The molecule has 0 saturated heterocycles. The molecule has 0 bridgehead atoms. The molecule has 1 fully saturated rings. The summed E-state index contributed by atoms with van der Waals surface area (Å²) in [6.07, 6.45) is 0.145. The average Bonchev–Trinajstić information content (AvgIpc) is 2.46. The Balaban J connectivity index is 2.37. The molecule has 0 aromatic heterocycles. The standard InChI is InChI=1S/C16H19ClF2O3/c1-2-22-9-12-13(17)4-3-11(14(12)15(20)21)10-5-7-16(18,19)8-6-10/h3-4,10H,2,5-9H2,1H3,(H,20,21). The zero-order chi connectivity index (χ0) is 16.3. The quantitative estimate of drug-likeness (QED) is 0.837. The third kappa shape index (κ3) is 3.76. The Labute approximate surface area is 133 Å². The van der Waals surface area contributed by atoms with Crippen molar-refractivity contribution in [2.45, 2.75) is 51.1 Å². The number of carboxylic acid groups (broad SMARTS) is 1. The third-order valence-corrected chi connectivity index (χ3v) is 4.46. The molecular weight excluding hydrogens is 314 g/mol. The Bertz CT molecular complexity index is 551. The van der Waals surface area contributed by atoms with E-state index in [1.165, 1.54) is 0 Å². The van der Waals surface area contributed by atoms with Crippen molar-refractivity contribution in [3.63, 3.8) is 0 Å². The van der Waals surface area contributed by atoms with E-state index in [2.05, 4.69) is 0 Å². The van der Waals surface area contributed by atoms with E-state index in [4.69, 9.17) is 16.3 Å². The van der Waals surface area contributed by atoms with Gasteiger partial charge in [-0.2, -0.15) is 0 Å². The van der Waals surface area contributed by atoms with Crippen molar-refractivity contribution >= 4 is 17.6 Å². The van der Waals surface area contributed by atoms with E-state index in [0.29, 0.717) is 22.8 Å². The van der Waals surface area contributed by atoms with Gasteiger partial charge in [0.15, 0.2) is 0 Å². The molecule has 1 aliphatic carbocycles. The van der Waals surface area contributed by atoms with Gasteiger partial charge in [0.1, 0.15) is 0 Å². The molecule has 0 radical (unpaired) electrons. The first-order valence-electron chi connectivity index (χ1n) is 7.36. The molecule has 122 valence electrons. The molecule has 0 unspecified atom stereocenters. The number of hydrogen-bond acceptors (Lipinski definition) is 2. The molecular formula is C16H19ClF2O3. The molecule has 3 nitrogen and oxygen atoms in total. The molecule has 1 aromatic carbocycles. The zero-order valence-electron chi connectivity index (χ0n) is 12.4. The molecule has 0 heterocycles. The van der Waals surface area contributed by atoms with Gasteiger partial charge in [0.2, 0.25) is 5.92 Å². The van der Waals surface area contributed by atoms with Crippen LogP contribution in [0.4, 0.5) is 8.78 Å². The van der Waals surface area contributed by atoms with E-state index in [0.717, 1.165) is 0 Å². The first-order valence-corrected chi connectivity index (χ1v) is 7.73. The number of ether oxygens (including phenoxy) is 1. The van der Waals surface area contributed by atoms with Crippen LogP contribution in [-0.2, 0) is 11.3 Å². The summed E-state index contributed by atoms with van der Waals surface area (Å²) in [4.78, 5) is 11.7. The van der Waals surface area contributed by atoms with E-state index in [1.807, 2.05) is 0 Å². The number of carboxylic acids is 1. The largest absolute Gasteiger partial charge is 0.478 e. The normalized spacial score (nSPS) is 18.4. The summed E-state index contributed by atoms with van der Waals surface area (Å²) in [6, 6.07) is 3.28. The number of carbonyl (C=O) groups is 1. The number of hydrogen-bond donors (Lipinski definition) is 1. The fourth-order valence-electron chi connectivity index (χ4n) is 2.93. The molecule has 0 aliphatic heterocycles. The highest BCUT2D eigenvalue weighted by Crippen LogP contribution is 2.43. The highest BCUT2D eigenvalue weighted by molar-refractivity contribution is 6.31. The smallest absolute Gasteiger partial charge is 0.336 e. The number of rotatable bonds is 5. The van der Waals surface area contributed by atoms with E-state index in [9.17, 15) is 18.7 Å². The molecule has 1 aliphatic rings. The number of alkyl halides is 2. The lowest BCUT2D eigenvalue weighted by Gasteiger charge is -2.29. The first kappa shape index (κ1) is 17.2. The summed E-state index contributed by atoms with van der Waals surface area (Å²) in [6.45, 7) is 2.35. The topological polar surface area (TPSA) is 46.5 Å². The monoisotopic (exact) mass is 332 g/mol. The van der Waals surface area contributed by atoms with E-state index >= 15 is 0 Å². The predicted molar refractivity (Wildman–Crippen MR) is 79.9 cm³/mol. The molecule has 2 rings (SSSR count). The molecule has 22 heavy (non-hydrogen) atoms. The highest BCUT2D eigenvalue weighted by Gasteiger charge is 2.37. The Morgan fingerprint density at radius 3 is 2.59 bits per heavy atom. The lowest BCUT2D eigenvalue weighted by atomic mass is 9.79. The van der Waals surface area contributed by atoms with Crippen molar-refractivity contribution < 1.29 is 23.4 Å². The Morgan fingerprint density at radius 1 is 1.41 bits per heavy atom. The maximum Gasteiger partial charge on any atom is 0.336 e. The van der Waals surface area contributed by atoms with Gasteiger partial charge in [0, 0.05) is 30.0 Å². The van der Waals surface area contributed by atoms with Crippen LogP contribution >= 0.6 is 11.6 Å². The number of benzene rings is 1. The summed E-state index contributed by atoms with van der Waals surface area (Å²) < 4.78 is 31.9. The van der Waals surface area contributed by atoms with Crippen LogP contribution in [0.2, 0.25) is 5.02 Å². The van der Waals surface area contributed by atoms with Crippen molar-refractivity contribution in [3.8, 4) is 0 Å². The van der Waals surface area contributed by atoms with Gasteiger partial charge >= 0.3 is 5.97 Å². The second kappa shape index (κ2) is 6.92. The van der Waals surface area contributed by atoms with Crippen LogP contribution in [0.1, 0.15) is 60.0 Å². The van der Waals surface area contributed by atoms with Gasteiger partial charge < -0.3 is 9.84 Å². The molecule has 1 aromatic rings. The van der Waals surface area contributed by atoms with Gasteiger partial charge in [-0.05, 0) is 37.3 Å². The van der Waals surface area contributed by atoms with Crippen molar-refractivity contribution in [2.75, 3.05) is 6.61 Å². The van der Waals surface area contributed by atoms with Crippen LogP contribution in [0.5, 0.6) is 0 Å². The molecule has 0 atom stereocenters. The summed E-state index contributed by atoms with van der Waals surface area (Å²) in [5, 5.41) is 9.87. The van der Waals surface area contributed by atoms with Gasteiger partial charge in [0.05, 0.1) is 12.2 Å². The van der Waals surface area contributed by atoms with Gasteiger partial charge in [0.25, 0.3) is 0 Å². The van der Waals surface area contributed by atoms with Crippen LogP contribution in [-0.4, -0.2) is 23.6 Å². The number of halogens is 3. The van der Waals surface area contributed by atoms with Crippen molar-refractivity contribution in [1.82, 2.24) is 0 Å². The van der Waals surface area contributed by atoms with E-state index in [1.54, 1.807) is 19.1 Å². The molecule has 1 N–H and O–H groups in total. The Hall–Kier alpha value is -1.20. The third-order valence-electron chi connectivity index (χ3n) is 4.11. The molecule has 0 spiro atoms. The van der Waals surface area contributed by atoms with Crippen LogP contribution in [0.15, 0.2) is 12.1 Å². The molecule has 6 heteroatoms. The minimum absolute atomic E-state index is 0.105. The minimum atomic E-state index is -2.64.